The van der Waals surface area contributed by atoms with Gasteiger partial charge in [0.1, 0.15) is 5.75 Å². The molecule has 2 rings (SSSR count). The molecule has 0 N–H and O–H groups in total. The number of methoxy groups -OCH3 is 1. The summed E-state index contributed by atoms with van der Waals surface area (Å²) in [5.74, 6) is 0.911. The summed E-state index contributed by atoms with van der Waals surface area (Å²) in [6, 6.07) is 6.11. The van der Waals surface area contributed by atoms with Crippen molar-refractivity contribution >= 4 is 11.4 Å². The molecule has 1 aliphatic rings. The van der Waals surface area contributed by atoms with Crippen molar-refractivity contribution in [2.75, 3.05) is 7.11 Å². The summed E-state index contributed by atoms with van der Waals surface area (Å²) in [5, 5.41) is 0. The third kappa shape index (κ3) is 1.44. The fraction of sp³-hybridized carbons (Fsp3) is 0.462. The van der Waals surface area contributed by atoms with Crippen molar-refractivity contribution in [2.45, 2.75) is 32.6 Å². The lowest BCUT2D eigenvalue weighted by molar-refractivity contribution is 0.414. The lowest BCUT2D eigenvalue weighted by atomic mass is 9.80. The van der Waals surface area contributed by atoms with Crippen LogP contribution in [0.5, 0.6) is 5.75 Å². The Kier molecular flexibility index (Phi) is 2.29. The zero-order valence-electron chi connectivity index (χ0n) is 9.79. The van der Waals surface area contributed by atoms with Crippen LogP contribution in [0, 0.1) is 0 Å². The second-order valence-corrected chi connectivity index (χ2v) is 4.42. The van der Waals surface area contributed by atoms with Gasteiger partial charge < -0.3 is 4.74 Å². The minimum atomic E-state index is 0.0542. The predicted octanol–water partition coefficient (Wildman–Crippen LogP) is 3.47. The summed E-state index contributed by atoms with van der Waals surface area (Å²) in [6.45, 7) is 6.60. The van der Waals surface area contributed by atoms with Crippen LogP contribution in [-0.4, -0.2) is 12.8 Å². The van der Waals surface area contributed by atoms with E-state index < -0.39 is 0 Å². The van der Waals surface area contributed by atoms with Gasteiger partial charge in [0.2, 0.25) is 0 Å². The molecular formula is C13H17NO. The summed E-state index contributed by atoms with van der Waals surface area (Å²) in [6.07, 6.45) is 1.00. The first-order valence-electron chi connectivity index (χ1n) is 5.36. The summed E-state index contributed by atoms with van der Waals surface area (Å²) in [7, 11) is 1.70. The van der Waals surface area contributed by atoms with Gasteiger partial charge in [-0.1, -0.05) is 20.8 Å². The molecule has 0 unspecified atom stereocenters. The van der Waals surface area contributed by atoms with E-state index in [1.165, 1.54) is 11.3 Å². The van der Waals surface area contributed by atoms with Gasteiger partial charge in [0.15, 0.2) is 0 Å². The Morgan fingerprint density at radius 2 is 2.07 bits per heavy atom. The molecule has 0 radical (unpaired) electrons. The highest BCUT2D eigenvalue weighted by atomic mass is 16.5. The van der Waals surface area contributed by atoms with E-state index in [1.807, 2.05) is 12.1 Å². The second-order valence-electron chi connectivity index (χ2n) is 4.42. The number of hydrogen-bond acceptors (Lipinski definition) is 2. The number of rotatable bonds is 2. The van der Waals surface area contributed by atoms with Crippen molar-refractivity contribution in [1.29, 1.82) is 0 Å². The number of nitrogens with zero attached hydrogens (tertiary/aromatic N) is 1. The third-order valence-corrected chi connectivity index (χ3v) is 3.19. The Balaban J connectivity index is 2.53. The zero-order valence-corrected chi connectivity index (χ0v) is 9.79. The average molecular weight is 203 g/mol. The number of fused-ring (bicyclic) bond motifs is 1. The van der Waals surface area contributed by atoms with Gasteiger partial charge in [-0.25, -0.2) is 0 Å². The fourth-order valence-electron chi connectivity index (χ4n) is 2.20. The van der Waals surface area contributed by atoms with E-state index in [-0.39, 0.29) is 5.41 Å². The molecule has 0 bridgehead atoms. The van der Waals surface area contributed by atoms with E-state index in [4.69, 9.17) is 4.74 Å². The smallest absolute Gasteiger partial charge is 0.119 e. The summed E-state index contributed by atoms with van der Waals surface area (Å²) < 4.78 is 5.25. The van der Waals surface area contributed by atoms with E-state index in [1.54, 1.807) is 7.11 Å². The Bertz CT molecular complexity index is 419. The Morgan fingerprint density at radius 3 is 2.67 bits per heavy atom. The van der Waals surface area contributed by atoms with Crippen molar-refractivity contribution in [1.82, 2.24) is 0 Å². The van der Waals surface area contributed by atoms with E-state index >= 15 is 0 Å². The average Bonchev–Trinajstić information content (AvgIpc) is 2.50. The molecular weight excluding hydrogens is 186 g/mol. The molecule has 0 atom stereocenters. The van der Waals surface area contributed by atoms with Crippen molar-refractivity contribution < 1.29 is 4.74 Å². The molecule has 80 valence electrons. The van der Waals surface area contributed by atoms with Gasteiger partial charge in [-0.15, -0.1) is 0 Å². The highest BCUT2D eigenvalue weighted by Crippen LogP contribution is 2.42. The molecule has 0 aromatic heterocycles. The van der Waals surface area contributed by atoms with Crippen molar-refractivity contribution in [2.24, 2.45) is 4.99 Å². The number of hydrogen-bond donors (Lipinski definition) is 0. The van der Waals surface area contributed by atoms with Crippen LogP contribution in [-0.2, 0) is 5.41 Å². The number of ether oxygens (including phenoxy) is 1. The standard InChI is InChI=1S/C13H17NO/c1-5-12-13(2,3)10-8-9(15-4)6-7-11(10)14-12/h6-8H,5H2,1-4H3. The van der Waals surface area contributed by atoms with Gasteiger partial charge in [0.25, 0.3) is 0 Å². The maximum absolute atomic E-state index is 5.25. The highest BCUT2D eigenvalue weighted by Gasteiger charge is 2.33. The van der Waals surface area contributed by atoms with Crippen LogP contribution in [0.25, 0.3) is 0 Å². The van der Waals surface area contributed by atoms with Crippen LogP contribution in [0.15, 0.2) is 23.2 Å². The first-order chi connectivity index (χ1) is 7.09. The van der Waals surface area contributed by atoms with Crippen LogP contribution in [0.2, 0.25) is 0 Å². The number of aliphatic imine (C=N–C) groups is 1. The first kappa shape index (κ1) is 10.2. The quantitative estimate of drug-likeness (QED) is 0.721. The molecule has 0 aliphatic carbocycles. The summed E-state index contributed by atoms with van der Waals surface area (Å²) >= 11 is 0. The van der Waals surface area contributed by atoms with Gasteiger partial charge in [-0.05, 0) is 30.2 Å². The SMILES string of the molecule is CCC1=Nc2ccc(OC)cc2C1(C)C. The van der Waals surface area contributed by atoms with Gasteiger partial charge in [-0.2, -0.15) is 0 Å². The Morgan fingerprint density at radius 1 is 1.33 bits per heavy atom. The molecule has 1 aromatic rings. The van der Waals surface area contributed by atoms with Crippen LogP contribution in [0.3, 0.4) is 0 Å². The number of benzene rings is 1. The Hall–Kier alpha value is -1.31. The molecule has 1 aromatic carbocycles. The lowest BCUT2D eigenvalue weighted by Gasteiger charge is -2.21. The molecule has 0 saturated carbocycles. The van der Waals surface area contributed by atoms with E-state index in [0.717, 1.165) is 17.9 Å². The van der Waals surface area contributed by atoms with Crippen molar-refractivity contribution in [3.05, 3.63) is 23.8 Å². The third-order valence-electron chi connectivity index (χ3n) is 3.19. The molecule has 0 saturated heterocycles. The molecule has 2 heteroatoms. The first-order valence-corrected chi connectivity index (χ1v) is 5.36. The van der Waals surface area contributed by atoms with Gasteiger partial charge >= 0.3 is 0 Å². The zero-order chi connectivity index (χ0) is 11.1. The van der Waals surface area contributed by atoms with E-state index in [2.05, 4.69) is 31.8 Å². The second kappa shape index (κ2) is 3.37. The minimum Gasteiger partial charge on any atom is -0.497 e. The largest absolute Gasteiger partial charge is 0.497 e. The van der Waals surface area contributed by atoms with Crippen molar-refractivity contribution in [3.8, 4) is 5.75 Å². The minimum absolute atomic E-state index is 0.0542. The normalized spacial score (nSPS) is 17.2. The van der Waals surface area contributed by atoms with Crippen LogP contribution in [0.1, 0.15) is 32.8 Å². The molecule has 0 spiro atoms. The molecule has 0 amide bonds. The van der Waals surface area contributed by atoms with Crippen LogP contribution in [0.4, 0.5) is 5.69 Å². The van der Waals surface area contributed by atoms with Crippen LogP contribution >= 0.6 is 0 Å². The molecule has 2 nitrogen and oxygen atoms in total. The monoisotopic (exact) mass is 203 g/mol. The summed E-state index contributed by atoms with van der Waals surface area (Å²) in [4.78, 5) is 4.66. The van der Waals surface area contributed by atoms with Crippen molar-refractivity contribution in [3.63, 3.8) is 0 Å². The Labute approximate surface area is 91.0 Å². The predicted molar refractivity (Wildman–Crippen MR) is 63.4 cm³/mol. The summed E-state index contributed by atoms with van der Waals surface area (Å²) in [5.41, 5.74) is 3.68. The maximum atomic E-state index is 5.25. The fourth-order valence-corrected chi connectivity index (χ4v) is 2.20. The van der Waals surface area contributed by atoms with Gasteiger partial charge in [0, 0.05) is 11.1 Å². The highest BCUT2D eigenvalue weighted by molar-refractivity contribution is 6.01. The van der Waals surface area contributed by atoms with E-state index in [0.29, 0.717) is 0 Å². The molecule has 1 aliphatic heterocycles. The molecule has 1 heterocycles. The van der Waals surface area contributed by atoms with E-state index in [9.17, 15) is 0 Å². The lowest BCUT2D eigenvalue weighted by Crippen LogP contribution is -2.24. The molecule has 15 heavy (non-hydrogen) atoms. The van der Waals surface area contributed by atoms with Gasteiger partial charge in [-0.3, -0.25) is 4.99 Å². The van der Waals surface area contributed by atoms with Crippen LogP contribution < -0.4 is 4.74 Å². The molecule has 0 fully saturated rings. The van der Waals surface area contributed by atoms with Gasteiger partial charge in [0.05, 0.1) is 12.8 Å². The maximum Gasteiger partial charge on any atom is 0.119 e. The topological polar surface area (TPSA) is 21.6 Å².